The zero-order valence-electron chi connectivity index (χ0n) is 15.0. The van der Waals surface area contributed by atoms with Gasteiger partial charge in [-0.2, -0.15) is 5.10 Å². The SMILES string of the molecule is C/C(N)=C(/S)COc1ccc2nn(C)c(C(=O)NC3(C(N)=O)COC3)c2c1. The van der Waals surface area contributed by atoms with Crippen LogP contribution < -0.4 is 21.5 Å². The van der Waals surface area contributed by atoms with E-state index in [0.717, 1.165) is 0 Å². The molecule has 144 valence electrons. The van der Waals surface area contributed by atoms with Crippen LogP contribution in [-0.4, -0.2) is 47.0 Å². The number of nitrogens with zero attached hydrogens (tertiary/aromatic N) is 2. The molecule has 2 heterocycles. The first kappa shape index (κ1) is 19.1. The molecular weight excluding hydrogens is 370 g/mol. The Morgan fingerprint density at radius 2 is 2.11 bits per heavy atom. The molecule has 0 bridgehead atoms. The minimum atomic E-state index is -1.19. The normalized spacial score (nSPS) is 16.4. The van der Waals surface area contributed by atoms with Crippen molar-refractivity contribution in [3.05, 3.63) is 34.5 Å². The number of carbonyl (C=O) groups is 2. The number of aryl methyl sites for hydroxylation is 1. The van der Waals surface area contributed by atoms with E-state index >= 15 is 0 Å². The Kier molecular flexibility index (Phi) is 5.03. The first-order valence-electron chi connectivity index (χ1n) is 8.17. The summed E-state index contributed by atoms with van der Waals surface area (Å²) in [5, 5.41) is 7.58. The van der Waals surface area contributed by atoms with Crippen molar-refractivity contribution in [1.29, 1.82) is 0 Å². The Balaban J connectivity index is 1.89. The number of amides is 2. The minimum Gasteiger partial charge on any atom is -0.488 e. The van der Waals surface area contributed by atoms with Crippen LogP contribution in [0.5, 0.6) is 5.75 Å². The van der Waals surface area contributed by atoms with Gasteiger partial charge in [0.25, 0.3) is 5.91 Å². The Morgan fingerprint density at radius 1 is 1.41 bits per heavy atom. The summed E-state index contributed by atoms with van der Waals surface area (Å²) in [6, 6.07) is 5.20. The van der Waals surface area contributed by atoms with Gasteiger partial charge in [0.2, 0.25) is 5.91 Å². The summed E-state index contributed by atoms with van der Waals surface area (Å²) in [6.07, 6.45) is 0. The second kappa shape index (κ2) is 7.12. The lowest BCUT2D eigenvalue weighted by atomic mass is 9.96. The number of hydrogen-bond acceptors (Lipinski definition) is 7. The van der Waals surface area contributed by atoms with E-state index in [1.165, 1.54) is 4.68 Å². The average molecular weight is 391 g/mol. The molecule has 1 aliphatic heterocycles. The van der Waals surface area contributed by atoms with Gasteiger partial charge in [-0.3, -0.25) is 14.3 Å². The third kappa shape index (κ3) is 3.58. The molecule has 1 aromatic heterocycles. The largest absolute Gasteiger partial charge is 0.488 e. The lowest BCUT2D eigenvalue weighted by Gasteiger charge is -2.38. The van der Waals surface area contributed by atoms with Crippen LogP contribution in [0.3, 0.4) is 0 Å². The number of benzene rings is 1. The number of carbonyl (C=O) groups excluding carboxylic acids is 2. The Bertz CT molecular complexity index is 944. The molecule has 0 aliphatic carbocycles. The van der Waals surface area contributed by atoms with Crippen LogP contribution in [0.1, 0.15) is 17.4 Å². The molecule has 0 atom stereocenters. The molecule has 27 heavy (non-hydrogen) atoms. The summed E-state index contributed by atoms with van der Waals surface area (Å²) < 4.78 is 12.2. The number of primary amides is 1. The van der Waals surface area contributed by atoms with Crippen LogP contribution in [0.25, 0.3) is 10.9 Å². The van der Waals surface area contributed by atoms with Crippen molar-refractivity contribution in [3.8, 4) is 5.75 Å². The summed E-state index contributed by atoms with van der Waals surface area (Å²) in [7, 11) is 1.65. The standard InChI is InChI=1S/C17H21N5O4S/c1-9(18)13(27)6-26-10-3-4-12-11(5-10)14(22(2)21-12)15(23)20-17(16(19)24)7-25-8-17/h3-5,27H,6-8,18H2,1-2H3,(H2,19,24)(H,20,23)/b13-9-. The zero-order valence-corrected chi connectivity index (χ0v) is 15.9. The van der Waals surface area contributed by atoms with Crippen molar-refractivity contribution in [1.82, 2.24) is 15.1 Å². The number of rotatable bonds is 6. The second-order valence-corrected chi connectivity index (χ2v) is 7.00. The van der Waals surface area contributed by atoms with E-state index in [2.05, 4.69) is 23.0 Å². The third-order valence-corrected chi connectivity index (χ3v) is 4.85. The molecule has 3 rings (SSSR count). The van der Waals surface area contributed by atoms with Gasteiger partial charge < -0.3 is 26.3 Å². The van der Waals surface area contributed by atoms with Crippen molar-refractivity contribution < 1.29 is 19.1 Å². The molecule has 1 aliphatic rings. The van der Waals surface area contributed by atoms with Gasteiger partial charge >= 0.3 is 0 Å². The molecule has 2 aromatic rings. The van der Waals surface area contributed by atoms with Crippen molar-refractivity contribution >= 4 is 35.3 Å². The van der Waals surface area contributed by atoms with Crippen molar-refractivity contribution in [2.45, 2.75) is 12.5 Å². The second-order valence-electron chi connectivity index (χ2n) is 6.46. The maximum atomic E-state index is 12.8. The van der Waals surface area contributed by atoms with Gasteiger partial charge in [-0.15, -0.1) is 12.6 Å². The van der Waals surface area contributed by atoms with Gasteiger partial charge in [0.05, 0.1) is 18.7 Å². The summed E-state index contributed by atoms with van der Waals surface area (Å²) in [5.41, 5.74) is 11.4. The molecule has 0 radical (unpaired) electrons. The maximum absolute atomic E-state index is 12.8. The van der Waals surface area contributed by atoms with Gasteiger partial charge in [0.1, 0.15) is 18.1 Å². The number of hydrogen-bond donors (Lipinski definition) is 4. The smallest absolute Gasteiger partial charge is 0.271 e. The van der Waals surface area contributed by atoms with Gasteiger partial charge in [-0.1, -0.05) is 0 Å². The number of allylic oxidation sites excluding steroid dienone is 1. The van der Waals surface area contributed by atoms with Crippen molar-refractivity contribution in [2.24, 2.45) is 18.5 Å². The molecule has 0 unspecified atom stereocenters. The number of aromatic nitrogens is 2. The number of ether oxygens (including phenoxy) is 2. The van der Waals surface area contributed by atoms with E-state index in [1.807, 2.05) is 0 Å². The number of fused-ring (bicyclic) bond motifs is 1. The summed E-state index contributed by atoms with van der Waals surface area (Å²) in [4.78, 5) is 25.1. The fourth-order valence-corrected chi connectivity index (χ4v) is 2.73. The molecule has 9 nitrogen and oxygen atoms in total. The average Bonchev–Trinajstić information content (AvgIpc) is 2.90. The predicted octanol–water partition coefficient (Wildman–Crippen LogP) is 0.0562. The van der Waals surface area contributed by atoms with Crippen LogP contribution in [0.15, 0.2) is 28.8 Å². The van der Waals surface area contributed by atoms with E-state index in [4.69, 9.17) is 20.9 Å². The van der Waals surface area contributed by atoms with Crippen LogP contribution in [0.2, 0.25) is 0 Å². The predicted molar refractivity (Wildman–Crippen MR) is 102 cm³/mol. The molecule has 1 aromatic carbocycles. The molecule has 0 spiro atoms. The van der Waals surface area contributed by atoms with Crippen LogP contribution in [-0.2, 0) is 16.6 Å². The molecule has 10 heteroatoms. The highest BCUT2D eigenvalue weighted by molar-refractivity contribution is 7.84. The summed E-state index contributed by atoms with van der Waals surface area (Å²) in [5.74, 6) is -0.566. The maximum Gasteiger partial charge on any atom is 0.271 e. The van der Waals surface area contributed by atoms with E-state index in [9.17, 15) is 9.59 Å². The summed E-state index contributed by atoms with van der Waals surface area (Å²) in [6.45, 7) is 2.04. The quantitative estimate of drug-likeness (QED) is 0.514. The van der Waals surface area contributed by atoms with E-state index < -0.39 is 17.4 Å². The Labute approximate surface area is 161 Å². The lowest BCUT2D eigenvalue weighted by Crippen LogP contribution is -2.69. The Hall–Kier alpha value is -2.72. The highest BCUT2D eigenvalue weighted by Gasteiger charge is 2.46. The van der Waals surface area contributed by atoms with Gasteiger partial charge in [-0.05, 0) is 25.1 Å². The number of nitrogens with one attached hydrogen (secondary N) is 1. The molecule has 5 N–H and O–H groups in total. The molecule has 0 saturated carbocycles. The lowest BCUT2D eigenvalue weighted by molar-refractivity contribution is -0.143. The van der Waals surface area contributed by atoms with Gasteiger partial charge in [0, 0.05) is 23.0 Å². The van der Waals surface area contributed by atoms with Crippen LogP contribution in [0, 0.1) is 0 Å². The van der Waals surface area contributed by atoms with E-state index in [0.29, 0.717) is 32.9 Å². The van der Waals surface area contributed by atoms with Crippen LogP contribution >= 0.6 is 12.6 Å². The highest BCUT2D eigenvalue weighted by Crippen LogP contribution is 2.25. The van der Waals surface area contributed by atoms with Crippen LogP contribution in [0.4, 0.5) is 0 Å². The molecule has 1 saturated heterocycles. The fraction of sp³-hybridized carbons (Fsp3) is 0.353. The Morgan fingerprint density at radius 3 is 2.67 bits per heavy atom. The molecule has 1 fully saturated rings. The first-order valence-corrected chi connectivity index (χ1v) is 8.62. The number of nitrogens with two attached hydrogens (primary N) is 2. The minimum absolute atomic E-state index is 0.0493. The van der Waals surface area contributed by atoms with E-state index in [1.54, 1.807) is 32.2 Å². The molecular formula is C17H21N5O4S. The monoisotopic (exact) mass is 391 g/mol. The highest BCUT2D eigenvalue weighted by atomic mass is 32.1. The van der Waals surface area contributed by atoms with Gasteiger partial charge in [0.15, 0.2) is 5.54 Å². The van der Waals surface area contributed by atoms with Crippen molar-refractivity contribution in [2.75, 3.05) is 19.8 Å². The topological polar surface area (TPSA) is 134 Å². The molecule has 2 amide bonds. The van der Waals surface area contributed by atoms with E-state index in [-0.39, 0.29) is 19.8 Å². The first-order chi connectivity index (χ1) is 12.7. The third-order valence-electron chi connectivity index (χ3n) is 4.37. The van der Waals surface area contributed by atoms with Crippen molar-refractivity contribution in [3.63, 3.8) is 0 Å². The zero-order chi connectivity index (χ0) is 19.8. The fourth-order valence-electron chi connectivity index (χ4n) is 2.66. The van der Waals surface area contributed by atoms with Gasteiger partial charge in [-0.25, -0.2) is 0 Å². The summed E-state index contributed by atoms with van der Waals surface area (Å²) >= 11 is 4.26. The number of thiol groups is 1.